The predicted octanol–water partition coefficient (Wildman–Crippen LogP) is 5.58. The molecule has 1 aliphatic rings. The molecule has 0 aliphatic carbocycles. The zero-order chi connectivity index (χ0) is 23.8. The van der Waals surface area contributed by atoms with Gasteiger partial charge in [-0.2, -0.15) is 5.26 Å². The van der Waals surface area contributed by atoms with E-state index in [1.165, 1.54) is 11.0 Å². The number of imide groups is 1. The van der Waals surface area contributed by atoms with Crippen molar-refractivity contribution >= 4 is 17.9 Å². The second-order valence-electron chi connectivity index (χ2n) is 7.94. The van der Waals surface area contributed by atoms with Crippen LogP contribution in [-0.4, -0.2) is 23.3 Å². The predicted molar refractivity (Wildman–Crippen MR) is 124 cm³/mol. The van der Waals surface area contributed by atoms with Gasteiger partial charge in [-0.3, -0.25) is 14.5 Å². The maximum absolute atomic E-state index is 13.8. The fraction of sp³-hybridized carbons (Fsp3) is 0.296. The molecule has 0 radical (unpaired) electrons. The maximum Gasteiger partial charge on any atom is 0.271 e. The van der Waals surface area contributed by atoms with Crippen molar-refractivity contribution in [3.05, 3.63) is 82.2 Å². The van der Waals surface area contributed by atoms with Crippen molar-refractivity contribution in [1.82, 2.24) is 4.90 Å². The van der Waals surface area contributed by atoms with Crippen LogP contribution in [0.2, 0.25) is 0 Å². The molecule has 0 saturated heterocycles. The van der Waals surface area contributed by atoms with E-state index < -0.39 is 5.91 Å². The summed E-state index contributed by atoms with van der Waals surface area (Å²) in [6.45, 7) is 4.12. The molecule has 3 rings (SSSR count). The number of hydrogen-bond acceptors (Lipinski definition) is 4. The van der Waals surface area contributed by atoms with Crippen LogP contribution in [0.25, 0.3) is 6.08 Å². The number of carbonyl (C=O) groups excluding carboxylic acids is 2. The number of ether oxygens (including phenoxy) is 1. The standard InChI is InChI=1S/C27H27FN2O3/c1-3-4-5-8-15-30-26(31)23(19(2)24(17-29)27(30)32)16-20-11-13-22(14-12-20)33-18-21-9-6-7-10-25(21)28/h6-7,9-14,16H,3-5,8,15,18H2,1-2H3/b23-16+. The maximum atomic E-state index is 13.8. The first-order valence-corrected chi connectivity index (χ1v) is 11.1. The van der Waals surface area contributed by atoms with Crippen molar-refractivity contribution in [3.63, 3.8) is 0 Å². The molecule has 0 aromatic heterocycles. The third-order valence-corrected chi connectivity index (χ3v) is 5.60. The van der Waals surface area contributed by atoms with Gasteiger partial charge in [0, 0.05) is 17.7 Å². The van der Waals surface area contributed by atoms with Gasteiger partial charge in [-0.1, -0.05) is 56.5 Å². The molecule has 170 valence electrons. The Hall–Kier alpha value is -3.72. The number of rotatable bonds is 9. The summed E-state index contributed by atoms with van der Waals surface area (Å²) in [5.41, 5.74) is 1.92. The lowest BCUT2D eigenvalue weighted by Crippen LogP contribution is -2.43. The molecule has 0 unspecified atom stereocenters. The summed E-state index contributed by atoms with van der Waals surface area (Å²) in [4.78, 5) is 26.9. The molecule has 0 N–H and O–H groups in total. The lowest BCUT2D eigenvalue weighted by molar-refractivity contribution is -0.140. The molecule has 33 heavy (non-hydrogen) atoms. The molecule has 0 bridgehead atoms. The second-order valence-corrected chi connectivity index (χ2v) is 7.94. The minimum Gasteiger partial charge on any atom is -0.489 e. The van der Waals surface area contributed by atoms with Gasteiger partial charge in [0.25, 0.3) is 11.8 Å². The van der Waals surface area contributed by atoms with Crippen LogP contribution in [0.1, 0.15) is 50.7 Å². The smallest absolute Gasteiger partial charge is 0.271 e. The molecule has 2 amide bonds. The van der Waals surface area contributed by atoms with Gasteiger partial charge >= 0.3 is 0 Å². The molecule has 0 fully saturated rings. The average molecular weight is 447 g/mol. The molecule has 6 heteroatoms. The number of nitriles is 1. The van der Waals surface area contributed by atoms with E-state index in [9.17, 15) is 19.2 Å². The number of nitrogens with zero attached hydrogens (tertiary/aromatic N) is 2. The third-order valence-electron chi connectivity index (χ3n) is 5.60. The Morgan fingerprint density at radius 1 is 1.03 bits per heavy atom. The Kier molecular flexibility index (Phi) is 8.15. The summed E-state index contributed by atoms with van der Waals surface area (Å²) in [7, 11) is 0. The van der Waals surface area contributed by atoms with Crippen molar-refractivity contribution in [2.45, 2.75) is 46.1 Å². The zero-order valence-corrected chi connectivity index (χ0v) is 18.9. The molecule has 0 saturated carbocycles. The van der Waals surface area contributed by atoms with Gasteiger partial charge in [0.15, 0.2) is 0 Å². The number of hydrogen-bond donors (Lipinski definition) is 0. The molecule has 0 atom stereocenters. The van der Waals surface area contributed by atoms with Gasteiger partial charge < -0.3 is 4.74 Å². The van der Waals surface area contributed by atoms with Crippen molar-refractivity contribution in [2.75, 3.05) is 6.54 Å². The first kappa shape index (κ1) is 23.9. The SMILES string of the molecule is CCCCCCN1C(=O)C(C#N)=C(C)/C(=C\c2ccc(OCc3ccccc3F)cc2)C1=O. The van der Waals surface area contributed by atoms with Crippen LogP contribution in [0.15, 0.2) is 65.3 Å². The lowest BCUT2D eigenvalue weighted by Gasteiger charge is -2.27. The van der Waals surface area contributed by atoms with Crippen LogP contribution >= 0.6 is 0 Å². The van der Waals surface area contributed by atoms with Crippen LogP contribution < -0.4 is 4.74 Å². The van der Waals surface area contributed by atoms with E-state index >= 15 is 0 Å². The van der Waals surface area contributed by atoms with Gasteiger partial charge in [-0.25, -0.2) is 4.39 Å². The highest BCUT2D eigenvalue weighted by Gasteiger charge is 2.34. The highest BCUT2D eigenvalue weighted by molar-refractivity contribution is 6.19. The largest absolute Gasteiger partial charge is 0.489 e. The van der Waals surface area contributed by atoms with Gasteiger partial charge in [0.1, 0.15) is 29.8 Å². The Labute approximate surface area is 193 Å². The molecule has 1 aliphatic heterocycles. The number of benzene rings is 2. The van der Waals surface area contributed by atoms with Crippen molar-refractivity contribution in [1.29, 1.82) is 5.26 Å². The van der Waals surface area contributed by atoms with E-state index in [1.54, 1.807) is 55.5 Å². The van der Waals surface area contributed by atoms with E-state index in [-0.39, 0.29) is 23.9 Å². The van der Waals surface area contributed by atoms with Crippen LogP contribution in [0, 0.1) is 17.1 Å². The van der Waals surface area contributed by atoms with Crippen LogP contribution in [0.5, 0.6) is 5.75 Å². The third kappa shape index (κ3) is 5.75. The summed E-state index contributed by atoms with van der Waals surface area (Å²) in [5, 5.41) is 9.50. The minimum absolute atomic E-state index is 0.00110. The Morgan fingerprint density at radius 3 is 2.42 bits per heavy atom. The molecule has 1 heterocycles. The van der Waals surface area contributed by atoms with Gasteiger partial charge in [-0.15, -0.1) is 0 Å². The van der Waals surface area contributed by atoms with Gasteiger partial charge in [0.05, 0.1) is 0 Å². The summed E-state index contributed by atoms with van der Waals surface area (Å²) in [6.07, 6.45) is 5.40. The van der Waals surface area contributed by atoms with Crippen LogP contribution in [0.4, 0.5) is 4.39 Å². The Morgan fingerprint density at radius 2 is 1.76 bits per heavy atom. The van der Waals surface area contributed by atoms with Gasteiger partial charge in [-0.05, 0) is 48.8 Å². The fourth-order valence-corrected chi connectivity index (χ4v) is 3.63. The van der Waals surface area contributed by atoms with Crippen molar-refractivity contribution in [2.24, 2.45) is 0 Å². The molecule has 0 spiro atoms. The quantitative estimate of drug-likeness (QED) is 0.287. The number of halogens is 1. The normalized spacial score (nSPS) is 15.2. The number of unbranched alkanes of at least 4 members (excludes halogenated alkanes) is 3. The molecule has 5 nitrogen and oxygen atoms in total. The average Bonchev–Trinajstić information content (AvgIpc) is 2.82. The summed E-state index contributed by atoms with van der Waals surface area (Å²) < 4.78 is 19.4. The zero-order valence-electron chi connectivity index (χ0n) is 18.9. The second kappa shape index (κ2) is 11.2. The van der Waals surface area contributed by atoms with Crippen LogP contribution in [-0.2, 0) is 16.2 Å². The van der Waals surface area contributed by atoms with E-state index in [2.05, 4.69) is 6.92 Å². The highest BCUT2D eigenvalue weighted by Crippen LogP contribution is 2.28. The monoisotopic (exact) mass is 446 g/mol. The first-order chi connectivity index (χ1) is 16.0. The van der Waals surface area contributed by atoms with Crippen LogP contribution in [0.3, 0.4) is 0 Å². The van der Waals surface area contributed by atoms with Crippen molar-refractivity contribution < 1.29 is 18.7 Å². The minimum atomic E-state index is -0.523. The van der Waals surface area contributed by atoms with E-state index in [4.69, 9.17) is 4.74 Å². The number of amides is 2. The van der Waals surface area contributed by atoms with Gasteiger partial charge in [0.2, 0.25) is 0 Å². The van der Waals surface area contributed by atoms with Crippen molar-refractivity contribution in [3.8, 4) is 11.8 Å². The summed E-state index contributed by atoms with van der Waals surface area (Å²) >= 11 is 0. The molecule has 2 aromatic rings. The topological polar surface area (TPSA) is 70.4 Å². The molecular formula is C27H27FN2O3. The van der Waals surface area contributed by atoms with E-state index in [1.807, 2.05) is 6.07 Å². The fourth-order valence-electron chi connectivity index (χ4n) is 3.63. The highest BCUT2D eigenvalue weighted by atomic mass is 19.1. The van der Waals surface area contributed by atoms with E-state index in [0.717, 1.165) is 24.8 Å². The summed E-state index contributed by atoms with van der Waals surface area (Å²) in [5.74, 6) is -0.662. The lowest BCUT2D eigenvalue weighted by atomic mass is 9.93. The first-order valence-electron chi connectivity index (χ1n) is 11.1. The Balaban J connectivity index is 1.77. The molecule has 2 aromatic carbocycles. The molecular weight excluding hydrogens is 419 g/mol. The summed E-state index contributed by atoms with van der Waals surface area (Å²) in [6, 6.07) is 15.4. The number of carbonyl (C=O) groups is 2. The Bertz CT molecular complexity index is 1130. The van der Waals surface area contributed by atoms with E-state index in [0.29, 0.717) is 35.4 Å².